The predicted octanol–water partition coefficient (Wildman–Crippen LogP) is 3.90. The molecule has 19 heavy (non-hydrogen) atoms. The number of rotatable bonds is 4. The topological polar surface area (TPSA) is 26.3 Å². The summed E-state index contributed by atoms with van der Waals surface area (Å²) >= 11 is 1.62. The highest BCUT2D eigenvalue weighted by Gasteiger charge is 2.12. The lowest BCUT2D eigenvalue weighted by molar-refractivity contribution is 0.0595. The second-order valence-corrected chi connectivity index (χ2v) is 4.96. The zero-order chi connectivity index (χ0) is 13.7. The minimum atomic E-state index is -0.653. The number of hydrogen-bond donors (Lipinski definition) is 0. The normalized spacial score (nSPS) is 10.2. The molecule has 2 aromatic carbocycles. The van der Waals surface area contributed by atoms with Crippen LogP contribution in [0.25, 0.3) is 0 Å². The van der Waals surface area contributed by atoms with Crippen LogP contribution in [0.4, 0.5) is 4.39 Å². The van der Waals surface area contributed by atoms with Crippen molar-refractivity contribution in [1.82, 2.24) is 0 Å². The van der Waals surface area contributed by atoms with Crippen molar-refractivity contribution in [3.05, 3.63) is 65.5 Å². The molecule has 0 aliphatic carbocycles. The molecule has 0 atom stereocenters. The molecule has 0 radical (unpaired) electrons. The maximum Gasteiger partial charge on any atom is 0.340 e. The minimum Gasteiger partial charge on any atom is -0.465 e. The van der Waals surface area contributed by atoms with E-state index >= 15 is 0 Å². The first-order valence-corrected chi connectivity index (χ1v) is 6.74. The van der Waals surface area contributed by atoms with Crippen LogP contribution < -0.4 is 0 Å². The monoisotopic (exact) mass is 276 g/mol. The summed E-state index contributed by atoms with van der Waals surface area (Å²) < 4.78 is 18.2. The van der Waals surface area contributed by atoms with Crippen LogP contribution in [0.5, 0.6) is 0 Å². The quantitative estimate of drug-likeness (QED) is 0.625. The van der Waals surface area contributed by atoms with E-state index in [0.29, 0.717) is 5.75 Å². The molecule has 0 fully saturated rings. The molecule has 0 aliphatic heterocycles. The maximum absolute atomic E-state index is 13.7. The second-order valence-electron chi connectivity index (χ2n) is 3.91. The van der Waals surface area contributed by atoms with E-state index in [9.17, 15) is 9.18 Å². The number of carbonyl (C=O) groups is 1. The van der Waals surface area contributed by atoms with E-state index in [4.69, 9.17) is 0 Å². The molecule has 2 rings (SSSR count). The highest BCUT2D eigenvalue weighted by molar-refractivity contribution is 7.98. The Hall–Kier alpha value is -1.81. The van der Waals surface area contributed by atoms with Crippen molar-refractivity contribution < 1.29 is 13.9 Å². The first-order valence-electron chi connectivity index (χ1n) is 5.75. The van der Waals surface area contributed by atoms with Gasteiger partial charge in [0.2, 0.25) is 0 Å². The maximum atomic E-state index is 13.7. The highest BCUT2D eigenvalue weighted by Crippen LogP contribution is 2.23. The van der Waals surface area contributed by atoms with E-state index in [1.165, 1.54) is 19.2 Å². The van der Waals surface area contributed by atoms with Gasteiger partial charge in [-0.1, -0.05) is 24.3 Å². The Morgan fingerprint density at radius 2 is 1.95 bits per heavy atom. The van der Waals surface area contributed by atoms with Crippen molar-refractivity contribution in [2.75, 3.05) is 7.11 Å². The molecule has 0 N–H and O–H groups in total. The van der Waals surface area contributed by atoms with Crippen LogP contribution in [-0.4, -0.2) is 13.1 Å². The van der Waals surface area contributed by atoms with Crippen LogP contribution in [0.15, 0.2) is 53.4 Å². The Bertz CT molecular complexity index is 570. The van der Waals surface area contributed by atoms with Crippen LogP contribution in [-0.2, 0) is 10.5 Å². The third-order valence-corrected chi connectivity index (χ3v) is 3.67. The Kier molecular flexibility index (Phi) is 4.58. The standard InChI is InChI=1S/C15H13FO2S/c1-18-15(17)13-8-7-11(9-14(13)16)10-19-12-5-3-2-4-6-12/h2-9H,10H2,1H3. The molecular formula is C15H13FO2S. The molecule has 0 spiro atoms. The number of hydrogen-bond acceptors (Lipinski definition) is 3. The van der Waals surface area contributed by atoms with Crippen molar-refractivity contribution in [2.24, 2.45) is 0 Å². The Labute approximate surface area is 115 Å². The van der Waals surface area contributed by atoms with Crippen molar-refractivity contribution in [2.45, 2.75) is 10.6 Å². The molecule has 0 unspecified atom stereocenters. The number of thioether (sulfide) groups is 1. The lowest BCUT2D eigenvalue weighted by atomic mass is 10.1. The molecule has 0 saturated heterocycles. The fourth-order valence-corrected chi connectivity index (χ4v) is 2.47. The van der Waals surface area contributed by atoms with Crippen molar-refractivity contribution in [3.63, 3.8) is 0 Å². The largest absolute Gasteiger partial charge is 0.465 e. The van der Waals surface area contributed by atoms with E-state index in [1.807, 2.05) is 30.3 Å². The molecule has 2 nitrogen and oxygen atoms in total. The molecule has 4 heteroatoms. The zero-order valence-corrected chi connectivity index (χ0v) is 11.2. The number of carbonyl (C=O) groups excluding carboxylic acids is 1. The predicted molar refractivity (Wildman–Crippen MR) is 73.7 cm³/mol. The van der Waals surface area contributed by atoms with Gasteiger partial charge in [-0.2, -0.15) is 0 Å². The summed E-state index contributed by atoms with van der Waals surface area (Å²) in [5.41, 5.74) is 0.801. The number of esters is 1. The summed E-state index contributed by atoms with van der Waals surface area (Å²) in [6.45, 7) is 0. The third-order valence-electron chi connectivity index (χ3n) is 2.59. The third kappa shape index (κ3) is 3.58. The second kappa shape index (κ2) is 6.38. The highest BCUT2D eigenvalue weighted by atomic mass is 32.2. The van der Waals surface area contributed by atoms with Gasteiger partial charge in [-0.3, -0.25) is 0 Å². The summed E-state index contributed by atoms with van der Waals surface area (Å²) in [5.74, 6) is -0.541. The summed E-state index contributed by atoms with van der Waals surface area (Å²) in [7, 11) is 1.24. The molecule has 0 amide bonds. The number of benzene rings is 2. The average Bonchev–Trinajstić information content (AvgIpc) is 2.45. The number of ether oxygens (including phenoxy) is 1. The van der Waals surface area contributed by atoms with Crippen LogP contribution in [0.3, 0.4) is 0 Å². The van der Waals surface area contributed by atoms with Crippen LogP contribution in [0.1, 0.15) is 15.9 Å². The van der Waals surface area contributed by atoms with E-state index in [-0.39, 0.29) is 5.56 Å². The molecular weight excluding hydrogens is 263 g/mol. The van der Waals surface area contributed by atoms with Gasteiger partial charge in [-0.15, -0.1) is 11.8 Å². The average molecular weight is 276 g/mol. The van der Waals surface area contributed by atoms with E-state index < -0.39 is 11.8 Å². The summed E-state index contributed by atoms with van der Waals surface area (Å²) in [6, 6.07) is 14.5. The Balaban J connectivity index is 2.06. The van der Waals surface area contributed by atoms with Gasteiger partial charge in [-0.05, 0) is 29.8 Å². The van der Waals surface area contributed by atoms with Gasteiger partial charge in [0.25, 0.3) is 0 Å². The molecule has 0 saturated carbocycles. The summed E-state index contributed by atoms with van der Waals surface area (Å²) in [4.78, 5) is 12.4. The van der Waals surface area contributed by atoms with Crippen molar-refractivity contribution in [1.29, 1.82) is 0 Å². The zero-order valence-electron chi connectivity index (χ0n) is 10.4. The first kappa shape index (κ1) is 13.6. The molecule has 98 valence electrons. The van der Waals surface area contributed by atoms with Crippen LogP contribution in [0, 0.1) is 5.82 Å². The van der Waals surface area contributed by atoms with Gasteiger partial charge in [-0.25, -0.2) is 9.18 Å². The Morgan fingerprint density at radius 3 is 2.58 bits per heavy atom. The van der Waals surface area contributed by atoms with Gasteiger partial charge in [0.1, 0.15) is 5.82 Å². The molecule has 0 aromatic heterocycles. The van der Waals surface area contributed by atoms with Crippen LogP contribution >= 0.6 is 11.8 Å². The molecule has 2 aromatic rings. The number of halogens is 1. The van der Waals surface area contributed by atoms with Crippen molar-refractivity contribution in [3.8, 4) is 0 Å². The number of methoxy groups -OCH3 is 1. The van der Waals surface area contributed by atoms with E-state index in [1.54, 1.807) is 17.8 Å². The lowest BCUT2D eigenvalue weighted by Gasteiger charge is -2.05. The van der Waals surface area contributed by atoms with Gasteiger partial charge in [0, 0.05) is 10.6 Å². The van der Waals surface area contributed by atoms with Crippen molar-refractivity contribution >= 4 is 17.7 Å². The van der Waals surface area contributed by atoms with Crippen LogP contribution in [0.2, 0.25) is 0 Å². The van der Waals surface area contributed by atoms with E-state index in [2.05, 4.69) is 4.74 Å². The molecule has 0 aliphatic rings. The Morgan fingerprint density at radius 1 is 1.21 bits per heavy atom. The smallest absolute Gasteiger partial charge is 0.340 e. The van der Waals surface area contributed by atoms with Gasteiger partial charge in [0.05, 0.1) is 12.7 Å². The minimum absolute atomic E-state index is 0.0315. The lowest BCUT2D eigenvalue weighted by Crippen LogP contribution is -2.04. The molecule has 0 heterocycles. The SMILES string of the molecule is COC(=O)c1ccc(CSc2ccccc2)cc1F. The van der Waals surface area contributed by atoms with Gasteiger partial charge >= 0.3 is 5.97 Å². The summed E-state index contributed by atoms with van der Waals surface area (Å²) in [6.07, 6.45) is 0. The van der Waals surface area contributed by atoms with Gasteiger partial charge < -0.3 is 4.74 Å². The molecule has 0 bridgehead atoms. The fraction of sp³-hybridized carbons (Fsp3) is 0.133. The fourth-order valence-electron chi connectivity index (χ4n) is 1.61. The summed E-state index contributed by atoms with van der Waals surface area (Å²) in [5, 5.41) is 0. The van der Waals surface area contributed by atoms with E-state index in [0.717, 1.165) is 10.5 Å². The first-order chi connectivity index (χ1) is 9.20. The van der Waals surface area contributed by atoms with Gasteiger partial charge in [0.15, 0.2) is 0 Å².